The first-order chi connectivity index (χ1) is 7.24. The molecule has 0 unspecified atom stereocenters. The molecule has 1 rings (SSSR count). The largest absolute Gasteiger partial charge is 0.303 e. The van der Waals surface area contributed by atoms with Gasteiger partial charge in [-0.05, 0) is 0 Å². The van der Waals surface area contributed by atoms with E-state index in [1.807, 2.05) is 0 Å². The summed E-state index contributed by atoms with van der Waals surface area (Å²) in [7, 11) is -2.79. The maximum atomic E-state index is 12.9. The molecular formula is C7H2F5O3S. The maximum absolute atomic E-state index is 12.9. The van der Waals surface area contributed by atoms with Gasteiger partial charge in [-0.2, -0.15) is 8.42 Å². The lowest BCUT2D eigenvalue weighted by atomic mass is 10.3. The van der Waals surface area contributed by atoms with Crippen molar-refractivity contribution in [3.63, 3.8) is 0 Å². The predicted octanol–water partition coefficient (Wildman–Crippen LogP) is 1.88. The van der Waals surface area contributed by atoms with Crippen molar-refractivity contribution in [3.8, 4) is 0 Å². The summed E-state index contributed by atoms with van der Waals surface area (Å²) in [5.41, 5.74) is 0. The van der Waals surface area contributed by atoms with Crippen LogP contribution >= 0.6 is 0 Å². The minimum atomic E-state index is -5.13. The van der Waals surface area contributed by atoms with Crippen molar-refractivity contribution >= 4 is 10.1 Å². The molecule has 3 nitrogen and oxygen atoms in total. The van der Waals surface area contributed by atoms with Crippen LogP contribution in [0.1, 0.15) is 0 Å². The summed E-state index contributed by atoms with van der Waals surface area (Å²) in [5.74, 6) is -12.2. The Kier molecular flexibility index (Phi) is 3.20. The summed E-state index contributed by atoms with van der Waals surface area (Å²) < 4.78 is 88.5. The first-order valence-electron chi connectivity index (χ1n) is 3.44. The fourth-order valence-electron chi connectivity index (χ4n) is 0.863. The van der Waals surface area contributed by atoms with Crippen molar-refractivity contribution in [1.29, 1.82) is 0 Å². The number of halogens is 5. The second-order valence-corrected chi connectivity index (χ2v) is 4.02. The summed E-state index contributed by atoms with van der Waals surface area (Å²) in [6.45, 7) is 0. The lowest BCUT2D eigenvalue weighted by molar-refractivity contribution is 0.348. The lowest BCUT2D eigenvalue weighted by Gasteiger charge is -2.06. The van der Waals surface area contributed by atoms with Gasteiger partial charge in [0.2, 0.25) is 5.82 Å². The van der Waals surface area contributed by atoms with Gasteiger partial charge in [0.25, 0.3) is 0 Å². The van der Waals surface area contributed by atoms with Gasteiger partial charge in [-0.15, -0.1) is 0 Å². The summed E-state index contributed by atoms with van der Waals surface area (Å²) >= 11 is 0. The molecule has 0 saturated carbocycles. The molecule has 89 valence electrons. The molecular weight excluding hydrogens is 259 g/mol. The van der Waals surface area contributed by atoms with Gasteiger partial charge in [0.15, 0.2) is 28.2 Å². The lowest BCUT2D eigenvalue weighted by Crippen LogP contribution is -2.13. The summed E-state index contributed by atoms with van der Waals surface area (Å²) in [6, 6.07) is 0. The van der Waals surface area contributed by atoms with Gasteiger partial charge in [0, 0.05) is 0 Å². The van der Waals surface area contributed by atoms with E-state index in [0.29, 0.717) is 0 Å². The normalized spacial score (nSPS) is 11.9. The smallest absolute Gasteiger partial charge is 0.264 e. The zero-order valence-corrected chi connectivity index (χ0v) is 8.05. The molecule has 1 aromatic carbocycles. The molecule has 1 radical (unpaired) electrons. The molecule has 0 spiro atoms. The second kappa shape index (κ2) is 3.98. The van der Waals surface area contributed by atoms with Gasteiger partial charge in [0.05, 0.1) is 7.11 Å². The van der Waals surface area contributed by atoms with E-state index in [9.17, 15) is 30.4 Å². The Bertz CT molecular complexity index is 510. The predicted molar refractivity (Wildman–Crippen MR) is 39.9 cm³/mol. The zero-order chi connectivity index (χ0) is 12.7. The fraction of sp³-hybridized carbons (Fsp3) is 0. The van der Waals surface area contributed by atoms with E-state index in [1.165, 1.54) is 0 Å². The van der Waals surface area contributed by atoms with E-state index in [4.69, 9.17) is 0 Å². The Morgan fingerprint density at radius 3 is 1.44 bits per heavy atom. The molecule has 1 aromatic rings. The van der Waals surface area contributed by atoms with Gasteiger partial charge in [0.1, 0.15) is 0 Å². The number of benzene rings is 1. The maximum Gasteiger partial charge on any atom is 0.303 e. The zero-order valence-electron chi connectivity index (χ0n) is 7.23. The van der Waals surface area contributed by atoms with Crippen LogP contribution in [0.3, 0.4) is 0 Å². The Labute approximate surface area is 86.6 Å². The minimum absolute atomic E-state index is 2.07. The van der Waals surface area contributed by atoms with Crippen LogP contribution in [-0.4, -0.2) is 8.42 Å². The van der Waals surface area contributed by atoms with Crippen LogP contribution in [0.15, 0.2) is 4.90 Å². The quantitative estimate of drug-likeness (QED) is 0.353. The summed E-state index contributed by atoms with van der Waals surface area (Å²) in [5, 5.41) is 0. The number of rotatable bonds is 2. The van der Waals surface area contributed by atoms with Gasteiger partial charge in [-0.1, -0.05) is 0 Å². The van der Waals surface area contributed by atoms with Crippen molar-refractivity contribution < 1.29 is 34.6 Å². The van der Waals surface area contributed by atoms with E-state index >= 15 is 0 Å². The van der Waals surface area contributed by atoms with E-state index in [-0.39, 0.29) is 0 Å². The van der Waals surface area contributed by atoms with Crippen molar-refractivity contribution in [2.75, 3.05) is 0 Å². The molecule has 0 aliphatic heterocycles. The van der Waals surface area contributed by atoms with Crippen molar-refractivity contribution in [2.45, 2.75) is 4.90 Å². The highest BCUT2D eigenvalue weighted by Gasteiger charge is 2.33. The highest BCUT2D eigenvalue weighted by molar-refractivity contribution is 7.86. The van der Waals surface area contributed by atoms with Crippen LogP contribution in [0.25, 0.3) is 0 Å². The first kappa shape index (κ1) is 12.8. The topological polar surface area (TPSA) is 43.4 Å². The van der Waals surface area contributed by atoms with Crippen molar-refractivity contribution in [3.05, 3.63) is 36.2 Å². The third-order valence-electron chi connectivity index (χ3n) is 1.57. The number of hydrogen-bond acceptors (Lipinski definition) is 3. The van der Waals surface area contributed by atoms with Crippen LogP contribution in [0.5, 0.6) is 0 Å². The average Bonchev–Trinajstić information content (AvgIpc) is 2.23. The molecule has 0 bridgehead atoms. The molecule has 9 heteroatoms. The molecule has 16 heavy (non-hydrogen) atoms. The van der Waals surface area contributed by atoms with E-state index in [0.717, 1.165) is 0 Å². The molecule has 0 fully saturated rings. The average molecular weight is 261 g/mol. The van der Waals surface area contributed by atoms with Crippen LogP contribution in [0.4, 0.5) is 22.0 Å². The highest BCUT2D eigenvalue weighted by atomic mass is 32.2. The van der Waals surface area contributed by atoms with Crippen LogP contribution in [0.2, 0.25) is 0 Å². The Morgan fingerprint density at radius 2 is 1.12 bits per heavy atom. The minimum Gasteiger partial charge on any atom is -0.264 e. The highest BCUT2D eigenvalue weighted by Crippen LogP contribution is 2.27. The Morgan fingerprint density at radius 1 is 0.812 bits per heavy atom. The molecule has 0 heterocycles. The van der Waals surface area contributed by atoms with E-state index in [1.54, 1.807) is 0 Å². The molecule has 0 N–H and O–H groups in total. The summed E-state index contributed by atoms with van der Waals surface area (Å²) in [4.78, 5) is -2.07. The van der Waals surface area contributed by atoms with Crippen LogP contribution < -0.4 is 0 Å². The van der Waals surface area contributed by atoms with Gasteiger partial charge in [-0.3, -0.25) is 4.18 Å². The standard InChI is InChI=1S/C7H2F5O3S/c1-15-16(13,14)7-5(11)3(9)2(8)4(10)6(7)12/h1H2. The monoisotopic (exact) mass is 261 g/mol. The Balaban J connectivity index is 3.79. The Hall–Kier alpha value is -1.22. The molecule has 0 atom stereocenters. The molecule has 0 amide bonds. The molecule has 0 aliphatic carbocycles. The molecule has 0 aromatic heterocycles. The van der Waals surface area contributed by atoms with Gasteiger partial charge in [-0.25, -0.2) is 22.0 Å². The molecule has 0 aliphatic rings. The SMILES string of the molecule is [CH2]OS(=O)(=O)c1c(F)c(F)c(F)c(F)c1F. The summed E-state index contributed by atoms with van der Waals surface area (Å²) in [6.07, 6.45) is 0. The van der Waals surface area contributed by atoms with Crippen molar-refractivity contribution in [1.82, 2.24) is 0 Å². The second-order valence-electron chi connectivity index (χ2n) is 2.47. The van der Waals surface area contributed by atoms with E-state index in [2.05, 4.69) is 11.3 Å². The van der Waals surface area contributed by atoms with Gasteiger partial charge >= 0.3 is 10.1 Å². The third kappa shape index (κ3) is 1.76. The van der Waals surface area contributed by atoms with Crippen molar-refractivity contribution in [2.24, 2.45) is 0 Å². The third-order valence-corrected chi connectivity index (χ3v) is 2.74. The first-order valence-corrected chi connectivity index (χ1v) is 4.85. The fourth-order valence-corrected chi connectivity index (χ4v) is 1.60. The van der Waals surface area contributed by atoms with Crippen LogP contribution in [-0.2, 0) is 14.3 Å². The molecule has 0 saturated heterocycles. The van der Waals surface area contributed by atoms with Gasteiger partial charge < -0.3 is 0 Å². The van der Waals surface area contributed by atoms with E-state index < -0.39 is 44.1 Å². The van der Waals surface area contributed by atoms with Crippen LogP contribution in [0, 0.1) is 36.2 Å². The number of hydrogen-bond donors (Lipinski definition) is 0.